The number of amides is 1. The highest BCUT2D eigenvalue weighted by atomic mass is 79.9. The quantitative estimate of drug-likeness (QED) is 0.611. The molecule has 3 heterocycles. The molecule has 28 heavy (non-hydrogen) atoms. The van der Waals surface area contributed by atoms with Crippen molar-refractivity contribution in [3.05, 3.63) is 63.8 Å². The molecule has 1 amide bonds. The third-order valence-corrected chi connectivity index (χ3v) is 5.77. The molecule has 0 N–H and O–H groups in total. The van der Waals surface area contributed by atoms with Gasteiger partial charge in [0.15, 0.2) is 5.65 Å². The molecule has 0 radical (unpaired) electrons. The maximum atomic E-state index is 14.1. The summed E-state index contributed by atoms with van der Waals surface area (Å²) in [6, 6.07) is 8.78. The van der Waals surface area contributed by atoms with E-state index in [1.165, 1.54) is 6.07 Å². The minimum absolute atomic E-state index is 0.0185. The number of rotatable bonds is 3. The van der Waals surface area contributed by atoms with Crippen LogP contribution in [0.3, 0.4) is 0 Å². The molecular weight excluding hydrogens is 423 g/mol. The minimum Gasteiger partial charge on any atom is -0.366 e. The van der Waals surface area contributed by atoms with Crippen molar-refractivity contribution in [2.75, 3.05) is 31.1 Å². The number of aryl methyl sites for hydroxylation is 2. The van der Waals surface area contributed by atoms with Crippen molar-refractivity contribution in [1.82, 2.24) is 14.3 Å². The summed E-state index contributed by atoms with van der Waals surface area (Å²) in [5, 5.41) is 0. The molecular formula is C21H22BrFN4O. The molecule has 0 atom stereocenters. The fourth-order valence-corrected chi connectivity index (χ4v) is 4.40. The molecule has 1 aliphatic rings. The Morgan fingerprint density at radius 2 is 1.93 bits per heavy atom. The van der Waals surface area contributed by atoms with Gasteiger partial charge in [-0.3, -0.25) is 9.20 Å². The van der Waals surface area contributed by atoms with Gasteiger partial charge in [0.2, 0.25) is 0 Å². The third kappa shape index (κ3) is 3.28. The van der Waals surface area contributed by atoms with Crippen LogP contribution in [0.1, 0.15) is 28.7 Å². The van der Waals surface area contributed by atoms with Crippen molar-refractivity contribution < 1.29 is 9.18 Å². The Hall–Kier alpha value is -2.41. The summed E-state index contributed by atoms with van der Waals surface area (Å²) in [7, 11) is 0. The number of carbonyl (C=O) groups excluding carboxylic acids is 1. The van der Waals surface area contributed by atoms with Crippen LogP contribution in [0.2, 0.25) is 0 Å². The summed E-state index contributed by atoms with van der Waals surface area (Å²) < 4.78 is 16.8. The molecule has 146 valence electrons. The number of halogens is 2. The zero-order valence-corrected chi connectivity index (χ0v) is 17.5. The molecule has 0 bridgehead atoms. The third-order valence-electron chi connectivity index (χ3n) is 5.18. The number of para-hydroxylation sites is 1. The number of hydrogen-bond acceptors (Lipinski definition) is 3. The average Bonchev–Trinajstić information content (AvgIpc) is 3.07. The zero-order chi connectivity index (χ0) is 19.8. The van der Waals surface area contributed by atoms with Crippen LogP contribution in [-0.4, -0.2) is 46.4 Å². The highest BCUT2D eigenvalue weighted by Crippen LogP contribution is 2.25. The number of pyridine rings is 1. The first-order valence-corrected chi connectivity index (χ1v) is 10.2. The van der Waals surface area contributed by atoms with Gasteiger partial charge in [-0.05, 0) is 53.0 Å². The van der Waals surface area contributed by atoms with Crippen molar-refractivity contribution >= 4 is 33.2 Å². The SMILES string of the molecule is CCc1nc2c(Br)cc(C)cn2c1C(=O)N1CCN(c2ccccc2F)CC1. The molecule has 1 aromatic carbocycles. The van der Waals surface area contributed by atoms with E-state index in [1.807, 2.05) is 46.4 Å². The van der Waals surface area contributed by atoms with Crippen LogP contribution in [0.5, 0.6) is 0 Å². The van der Waals surface area contributed by atoms with Crippen LogP contribution in [0.25, 0.3) is 5.65 Å². The first-order valence-electron chi connectivity index (χ1n) is 9.45. The van der Waals surface area contributed by atoms with E-state index in [0.29, 0.717) is 44.0 Å². The predicted molar refractivity (Wildman–Crippen MR) is 112 cm³/mol. The van der Waals surface area contributed by atoms with Gasteiger partial charge in [0.05, 0.1) is 15.9 Å². The lowest BCUT2D eigenvalue weighted by molar-refractivity contribution is 0.0738. The lowest BCUT2D eigenvalue weighted by Gasteiger charge is -2.36. The second kappa shape index (κ2) is 7.54. The normalized spacial score (nSPS) is 14.7. The van der Waals surface area contributed by atoms with Crippen molar-refractivity contribution in [2.24, 2.45) is 0 Å². The number of nitrogens with zero attached hydrogens (tertiary/aromatic N) is 4. The summed E-state index contributed by atoms with van der Waals surface area (Å²) in [4.78, 5) is 21.9. The predicted octanol–water partition coefficient (Wildman–Crippen LogP) is 4.07. The smallest absolute Gasteiger partial charge is 0.272 e. The van der Waals surface area contributed by atoms with Crippen molar-refractivity contribution in [2.45, 2.75) is 20.3 Å². The number of imidazole rings is 1. The first kappa shape index (κ1) is 18.9. The molecule has 0 aliphatic carbocycles. The van der Waals surface area contributed by atoms with Crippen LogP contribution in [0.4, 0.5) is 10.1 Å². The van der Waals surface area contributed by atoms with E-state index in [2.05, 4.69) is 20.9 Å². The van der Waals surface area contributed by atoms with Gasteiger partial charge < -0.3 is 9.80 Å². The highest BCUT2D eigenvalue weighted by molar-refractivity contribution is 9.10. The van der Waals surface area contributed by atoms with Crippen molar-refractivity contribution in [3.8, 4) is 0 Å². The van der Waals surface area contributed by atoms with Gasteiger partial charge in [-0.1, -0.05) is 19.1 Å². The van der Waals surface area contributed by atoms with Gasteiger partial charge in [-0.25, -0.2) is 9.37 Å². The Balaban J connectivity index is 1.60. The fourth-order valence-electron chi connectivity index (χ4n) is 3.76. The van der Waals surface area contributed by atoms with E-state index in [0.717, 1.165) is 21.4 Å². The number of anilines is 1. The van der Waals surface area contributed by atoms with Gasteiger partial charge in [0.1, 0.15) is 11.5 Å². The first-order chi connectivity index (χ1) is 13.5. The number of hydrogen-bond donors (Lipinski definition) is 0. The summed E-state index contributed by atoms with van der Waals surface area (Å²) in [6.45, 7) is 6.32. The lowest BCUT2D eigenvalue weighted by Crippen LogP contribution is -2.49. The summed E-state index contributed by atoms with van der Waals surface area (Å²) >= 11 is 3.56. The van der Waals surface area contributed by atoms with Crippen LogP contribution < -0.4 is 4.90 Å². The Morgan fingerprint density at radius 1 is 1.21 bits per heavy atom. The number of piperazine rings is 1. The van der Waals surface area contributed by atoms with Crippen molar-refractivity contribution in [3.63, 3.8) is 0 Å². The molecule has 5 nitrogen and oxygen atoms in total. The Morgan fingerprint density at radius 3 is 2.61 bits per heavy atom. The molecule has 1 fully saturated rings. The number of fused-ring (bicyclic) bond motifs is 1. The second-order valence-corrected chi connectivity index (χ2v) is 7.90. The van der Waals surface area contributed by atoms with Crippen LogP contribution >= 0.6 is 15.9 Å². The molecule has 0 unspecified atom stereocenters. The van der Waals surface area contributed by atoms with Gasteiger partial charge in [0.25, 0.3) is 5.91 Å². The monoisotopic (exact) mass is 444 g/mol. The maximum absolute atomic E-state index is 14.1. The Bertz CT molecular complexity index is 1040. The van der Waals surface area contributed by atoms with Crippen LogP contribution in [0.15, 0.2) is 41.0 Å². The van der Waals surface area contributed by atoms with Crippen LogP contribution in [0, 0.1) is 12.7 Å². The van der Waals surface area contributed by atoms with E-state index >= 15 is 0 Å². The average molecular weight is 445 g/mol. The molecule has 0 spiro atoms. The Labute approximate surface area is 171 Å². The summed E-state index contributed by atoms with van der Waals surface area (Å²) in [5.74, 6) is -0.243. The molecule has 4 rings (SSSR count). The van der Waals surface area contributed by atoms with Gasteiger partial charge in [-0.2, -0.15) is 0 Å². The van der Waals surface area contributed by atoms with Gasteiger partial charge in [-0.15, -0.1) is 0 Å². The standard InChI is InChI=1S/C21H22BrFN4O/c1-3-17-19(27-13-14(2)12-15(22)20(27)24-17)21(28)26-10-8-25(9-11-26)18-7-5-4-6-16(18)23/h4-7,12-13H,3,8-11H2,1-2H3. The second-order valence-electron chi connectivity index (χ2n) is 7.05. The summed E-state index contributed by atoms with van der Waals surface area (Å²) in [5.41, 5.74) is 3.83. The molecule has 7 heteroatoms. The van der Waals surface area contributed by atoms with E-state index in [4.69, 9.17) is 0 Å². The maximum Gasteiger partial charge on any atom is 0.272 e. The van der Waals surface area contributed by atoms with E-state index in [-0.39, 0.29) is 11.7 Å². The zero-order valence-electron chi connectivity index (χ0n) is 16.0. The van der Waals surface area contributed by atoms with Gasteiger partial charge in [0, 0.05) is 32.4 Å². The Kier molecular flexibility index (Phi) is 5.10. The molecule has 1 saturated heterocycles. The summed E-state index contributed by atoms with van der Waals surface area (Å²) in [6.07, 6.45) is 2.64. The minimum atomic E-state index is -0.224. The molecule has 0 saturated carbocycles. The molecule has 1 aliphatic heterocycles. The number of benzene rings is 1. The number of aromatic nitrogens is 2. The van der Waals surface area contributed by atoms with E-state index < -0.39 is 0 Å². The van der Waals surface area contributed by atoms with Gasteiger partial charge >= 0.3 is 0 Å². The van der Waals surface area contributed by atoms with Crippen molar-refractivity contribution in [1.29, 1.82) is 0 Å². The molecule has 3 aromatic rings. The van der Waals surface area contributed by atoms with E-state index in [9.17, 15) is 9.18 Å². The van der Waals surface area contributed by atoms with E-state index in [1.54, 1.807) is 12.1 Å². The highest BCUT2D eigenvalue weighted by Gasteiger charge is 2.28. The van der Waals surface area contributed by atoms with Crippen LogP contribution in [-0.2, 0) is 6.42 Å². The topological polar surface area (TPSA) is 40.9 Å². The number of carbonyl (C=O) groups is 1. The fraction of sp³-hybridized carbons (Fsp3) is 0.333. The lowest BCUT2D eigenvalue weighted by atomic mass is 10.2. The molecule has 2 aromatic heterocycles. The largest absolute Gasteiger partial charge is 0.366 e.